The van der Waals surface area contributed by atoms with E-state index in [9.17, 15) is 0 Å². The molecule has 0 amide bonds. The van der Waals surface area contributed by atoms with Gasteiger partial charge in [0.2, 0.25) is 0 Å². The number of rotatable bonds is 7. The minimum atomic E-state index is 0.694. The molecular formula is C19H25N3O2. The maximum atomic E-state index is 6.01. The second-order valence-corrected chi connectivity index (χ2v) is 5.93. The predicted molar refractivity (Wildman–Crippen MR) is 95.5 cm³/mol. The highest BCUT2D eigenvalue weighted by atomic mass is 16.5. The van der Waals surface area contributed by atoms with E-state index in [-0.39, 0.29) is 0 Å². The number of para-hydroxylation sites is 1. The first-order chi connectivity index (χ1) is 11.8. The number of ether oxygens (including phenoxy) is 2. The van der Waals surface area contributed by atoms with Crippen LogP contribution in [0, 0.1) is 6.92 Å². The molecule has 128 valence electrons. The van der Waals surface area contributed by atoms with Gasteiger partial charge in [-0.1, -0.05) is 24.3 Å². The minimum absolute atomic E-state index is 0.694. The molecule has 0 atom stereocenters. The van der Waals surface area contributed by atoms with Crippen molar-refractivity contribution in [3.63, 3.8) is 0 Å². The van der Waals surface area contributed by atoms with Gasteiger partial charge < -0.3 is 14.8 Å². The summed E-state index contributed by atoms with van der Waals surface area (Å²) < 4.78 is 11.4. The van der Waals surface area contributed by atoms with Crippen molar-refractivity contribution in [1.29, 1.82) is 0 Å². The first kappa shape index (κ1) is 16.7. The zero-order valence-electron chi connectivity index (χ0n) is 14.2. The largest absolute Gasteiger partial charge is 0.492 e. The number of morpholine rings is 1. The minimum Gasteiger partial charge on any atom is -0.492 e. The van der Waals surface area contributed by atoms with Crippen LogP contribution in [0.3, 0.4) is 0 Å². The molecule has 24 heavy (non-hydrogen) atoms. The Morgan fingerprint density at radius 2 is 1.96 bits per heavy atom. The number of aryl methyl sites for hydroxylation is 1. The third-order valence-electron chi connectivity index (χ3n) is 4.09. The SMILES string of the molecule is Cc1cccc(NCc2ccccc2OCCN2CCOCC2)n1. The van der Waals surface area contributed by atoms with Crippen molar-refractivity contribution >= 4 is 5.82 Å². The quantitative estimate of drug-likeness (QED) is 0.847. The van der Waals surface area contributed by atoms with E-state index in [1.54, 1.807) is 0 Å². The van der Waals surface area contributed by atoms with Gasteiger partial charge in [0.05, 0.1) is 13.2 Å². The van der Waals surface area contributed by atoms with Crippen LogP contribution in [0.5, 0.6) is 5.75 Å². The summed E-state index contributed by atoms with van der Waals surface area (Å²) in [5.74, 6) is 1.82. The molecule has 0 saturated carbocycles. The van der Waals surface area contributed by atoms with E-state index in [4.69, 9.17) is 9.47 Å². The van der Waals surface area contributed by atoms with Gasteiger partial charge in [0.15, 0.2) is 0 Å². The van der Waals surface area contributed by atoms with Crippen molar-refractivity contribution in [3.05, 3.63) is 53.7 Å². The Kier molecular flexibility index (Phi) is 6.04. The van der Waals surface area contributed by atoms with Crippen LogP contribution in [0.2, 0.25) is 0 Å². The Bertz CT molecular complexity index is 642. The third-order valence-corrected chi connectivity index (χ3v) is 4.09. The molecule has 5 heteroatoms. The van der Waals surface area contributed by atoms with Crippen LogP contribution in [-0.2, 0) is 11.3 Å². The zero-order chi connectivity index (χ0) is 16.6. The molecule has 1 aliphatic heterocycles. The van der Waals surface area contributed by atoms with Crippen molar-refractivity contribution in [2.75, 3.05) is 44.8 Å². The molecular weight excluding hydrogens is 302 g/mol. The molecule has 0 radical (unpaired) electrons. The monoisotopic (exact) mass is 327 g/mol. The van der Waals surface area contributed by atoms with Gasteiger partial charge >= 0.3 is 0 Å². The Labute approximate surface area is 143 Å². The lowest BCUT2D eigenvalue weighted by Gasteiger charge is -2.26. The molecule has 1 fully saturated rings. The predicted octanol–water partition coefficient (Wildman–Crippen LogP) is 2.71. The van der Waals surface area contributed by atoms with Crippen molar-refractivity contribution in [1.82, 2.24) is 9.88 Å². The summed E-state index contributed by atoms with van der Waals surface area (Å²) >= 11 is 0. The van der Waals surface area contributed by atoms with E-state index in [2.05, 4.69) is 21.3 Å². The van der Waals surface area contributed by atoms with E-state index < -0.39 is 0 Å². The molecule has 3 rings (SSSR count). The Morgan fingerprint density at radius 1 is 1.12 bits per heavy atom. The average Bonchev–Trinajstić information content (AvgIpc) is 2.62. The molecule has 5 nitrogen and oxygen atoms in total. The summed E-state index contributed by atoms with van der Waals surface area (Å²) in [4.78, 5) is 6.85. The normalized spacial score (nSPS) is 15.2. The van der Waals surface area contributed by atoms with Gasteiger partial charge in [-0.3, -0.25) is 4.90 Å². The number of hydrogen-bond donors (Lipinski definition) is 1. The highest BCUT2D eigenvalue weighted by molar-refractivity contribution is 5.40. The van der Waals surface area contributed by atoms with Crippen LogP contribution >= 0.6 is 0 Å². The van der Waals surface area contributed by atoms with Gasteiger partial charge in [0.25, 0.3) is 0 Å². The average molecular weight is 327 g/mol. The summed E-state index contributed by atoms with van der Waals surface area (Å²) in [6.07, 6.45) is 0. The van der Waals surface area contributed by atoms with Gasteiger partial charge in [-0.15, -0.1) is 0 Å². The van der Waals surface area contributed by atoms with Crippen LogP contribution in [-0.4, -0.2) is 49.3 Å². The summed E-state index contributed by atoms with van der Waals surface area (Å²) in [7, 11) is 0. The van der Waals surface area contributed by atoms with Gasteiger partial charge in [-0.2, -0.15) is 0 Å². The number of nitrogens with zero attached hydrogens (tertiary/aromatic N) is 2. The summed E-state index contributed by atoms with van der Waals surface area (Å²) in [5.41, 5.74) is 2.15. The summed E-state index contributed by atoms with van der Waals surface area (Å²) in [6.45, 7) is 7.95. The lowest BCUT2D eigenvalue weighted by molar-refractivity contribution is 0.0322. The van der Waals surface area contributed by atoms with Gasteiger partial charge in [0, 0.05) is 37.4 Å². The molecule has 1 N–H and O–H groups in total. The van der Waals surface area contributed by atoms with Crippen LogP contribution in [0.1, 0.15) is 11.3 Å². The van der Waals surface area contributed by atoms with Crippen LogP contribution < -0.4 is 10.1 Å². The van der Waals surface area contributed by atoms with Crippen molar-refractivity contribution in [2.45, 2.75) is 13.5 Å². The number of aromatic nitrogens is 1. The number of pyridine rings is 1. The number of anilines is 1. The molecule has 0 bridgehead atoms. The van der Waals surface area contributed by atoms with Crippen LogP contribution in [0.4, 0.5) is 5.82 Å². The molecule has 1 aromatic heterocycles. The molecule has 0 unspecified atom stereocenters. The van der Waals surface area contributed by atoms with E-state index in [0.29, 0.717) is 13.2 Å². The Balaban J connectivity index is 1.52. The molecule has 2 heterocycles. The second kappa shape index (κ2) is 8.66. The first-order valence-corrected chi connectivity index (χ1v) is 8.49. The number of nitrogens with one attached hydrogen (secondary N) is 1. The van der Waals surface area contributed by atoms with Crippen LogP contribution in [0.25, 0.3) is 0 Å². The summed E-state index contributed by atoms with van der Waals surface area (Å²) in [5, 5.41) is 3.36. The maximum absolute atomic E-state index is 6.01. The molecule has 1 saturated heterocycles. The highest BCUT2D eigenvalue weighted by Gasteiger charge is 2.10. The van der Waals surface area contributed by atoms with Gasteiger partial charge in [-0.25, -0.2) is 4.98 Å². The van der Waals surface area contributed by atoms with E-state index in [0.717, 1.165) is 55.7 Å². The van der Waals surface area contributed by atoms with Crippen LogP contribution in [0.15, 0.2) is 42.5 Å². The van der Waals surface area contributed by atoms with Crippen molar-refractivity contribution < 1.29 is 9.47 Å². The molecule has 0 aliphatic carbocycles. The molecule has 1 aromatic carbocycles. The smallest absolute Gasteiger partial charge is 0.126 e. The standard InChI is InChI=1S/C19H25N3O2/c1-16-5-4-8-19(21-16)20-15-17-6-2-3-7-18(17)24-14-11-22-9-12-23-13-10-22/h2-8H,9-15H2,1H3,(H,20,21). The van der Waals surface area contributed by atoms with Crippen molar-refractivity contribution in [2.24, 2.45) is 0 Å². The zero-order valence-corrected chi connectivity index (χ0v) is 14.2. The Hall–Kier alpha value is -2.11. The van der Waals surface area contributed by atoms with E-state index >= 15 is 0 Å². The maximum Gasteiger partial charge on any atom is 0.126 e. The first-order valence-electron chi connectivity index (χ1n) is 8.49. The number of benzene rings is 1. The lowest BCUT2D eigenvalue weighted by Crippen LogP contribution is -2.38. The van der Waals surface area contributed by atoms with Crippen molar-refractivity contribution in [3.8, 4) is 5.75 Å². The van der Waals surface area contributed by atoms with E-state index in [1.807, 2.05) is 43.3 Å². The molecule has 2 aromatic rings. The highest BCUT2D eigenvalue weighted by Crippen LogP contribution is 2.19. The molecule has 1 aliphatic rings. The fourth-order valence-electron chi connectivity index (χ4n) is 2.73. The number of hydrogen-bond acceptors (Lipinski definition) is 5. The van der Waals surface area contributed by atoms with Gasteiger partial charge in [0.1, 0.15) is 18.2 Å². The topological polar surface area (TPSA) is 46.6 Å². The van der Waals surface area contributed by atoms with E-state index in [1.165, 1.54) is 0 Å². The van der Waals surface area contributed by atoms with Gasteiger partial charge in [-0.05, 0) is 25.1 Å². The second-order valence-electron chi connectivity index (χ2n) is 5.93. The fourth-order valence-corrected chi connectivity index (χ4v) is 2.73. The summed E-state index contributed by atoms with van der Waals surface area (Å²) in [6, 6.07) is 14.2. The lowest BCUT2D eigenvalue weighted by atomic mass is 10.2. The third kappa shape index (κ3) is 4.94. The fraction of sp³-hybridized carbons (Fsp3) is 0.421. The Morgan fingerprint density at radius 3 is 2.79 bits per heavy atom. The molecule has 0 spiro atoms.